The van der Waals surface area contributed by atoms with Gasteiger partial charge in [-0.05, 0) is 12.1 Å². The summed E-state index contributed by atoms with van der Waals surface area (Å²) >= 11 is 5.78. The minimum atomic E-state index is 0.0486. The lowest BCUT2D eigenvalue weighted by Crippen LogP contribution is -2.33. The summed E-state index contributed by atoms with van der Waals surface area (Å²) in [5.74, 6) is 0. The van der Waals surface area contributed by atoms with E-state index in [9.17, 15) is 0 Å². The fourth-order valence-corrected chi connectivity index (χ4v) is 1.53. The van der Waals surface area contributed by atoms with Crippen LogP contribution in [0.2, 0.25) is 5.15 Å². The second kappa shape index (κ2) is 4.05. The van der Waals surface area contributed by atoms with Gasteiger partial charge in [0.25, 0.3) is 0 Å². The van der Waals surface area contributed by atoms with Crippen molar-refractivity contribution in [3.63, 3.8) is 0 Å². The van der Waals surface area contributed by atoms with Gasteiger partial charge in [-0.1, -0.05) is 17.7 Å². The van der Waals surface area contributed by atoms with Crippen LogP contribution in [-0.4, -0.2) is 24.7 Å². The molecule has 13 heavy (non-hydrogen) atoms. The summed E-state index contributed by atoms with van der Waals surface area (Å²) in [5, 5.41) is 3.76. The molecule has 0 aromatic carbocycles. The van der Waals surface area contributed by atoms with Crippen LogP contribution >= 0.6 is 11.6 Å². The summed E-state index contributed by atoms with van der Waals surface area (Å²) in [6, 6.07) is 5.59. The molecule has 1 saturated heterocycles. The van der Waals surface area contributed by atoms with E-state index in [1.165, 1.54) is 0 Å². The molecule has 1 aromatic rings. The van der Waals surface area contributed by atoms with E-state index >= 15 is 0 Å². The first-order chi connectivity index (χ1) is 6.36. The van der Waals surface area contributed by atoms with Crippen molar-refractivity contribution >= 4 is 11.6 Å². The summed E-state index contributed by atoms with van der Waals surface area (Å²) in [5.41, 5.74) is 0.903. The Labute approximate surface area is 82.1 Å². The number of pyridine rings is 1. The van der Waals surface area contributed by atoms with Crippen LogP contribution in [0.1, 0.15) is 11.8 Å². The second-order valence-electron chi connectivity index (χ2n) is 2.95. The SMILES string of the molecule is Clc1cccc(C2CNCCO2)n1. The highest BCUT2D eigenvalue weighted by Crippen LogP contribution is 2.17. The Morgan fingerprint density at radius 2 is 2.46 bits per heavy atom. The molecule has 1 unspecified atom stereocenters. The number of nitrogens with one attached hydrogen (secondary N) is 1. The van der Waals surface area contributed by atoms with Gasteiger partial charge in [0, 0.05) is 13.1 Å². The molecule has 3 nitrogen and oxygen atoms in total. The number of halogens is 1. The Bertz CT molecular complexity index is 287. The molecule has 2 heterocycles. The molecule has 70 valence electrons. The van der Waals surface area contributed by atoms with Gasteiger partial charge in [0.2, 0.25) is 0 Å². The Hall–Kier alpha value is -0.640. The fourth-order valence-electron chi connectivity index (χ4n) is 1.36. The first-order valence-corrected chi connectivity index (χ1v) is 4.69. The molecule has 1 fully saturated rings. The van der Waals surface area contributed by atoms with E-state index in [0.29, 0.717) is 5.15 Å². The Morgan fingerprint density at radius 1 is 1.54 bits per heavy atom. The molecule has 2 rings (SSSR count). The van der Waals surface area contributed by atoms with E-state index in [0.717, 1.165) is 25.4 Å². The number of hydrogen-bond donors (Lipinski definition) is 1. The molecule has 0 saturated carbocycles. The summed E-state index contributed by atoms with van der Waals surface area (Å²) in [6.07, 6.45) is 0.0486. The lowest BCUT2D eigenvalue weighted by atomic mass is 10.2. The molecular weight excluding hydrogens is 188 g/mol. The topological polar surface area (TPSA) is 34.1 Å². The number of aromatic nitrogens is 1. The van der Waals surface area contributed by atoms with Crippen molar-refractivity contribution in [2.24, 2.45) is 0 Å². The first kappa shape index (κ1) is 8.94. The third-order valence-corrected chi connectivity index (χ3v) is 2.20. The molecule has 0 radical (unpaired) electrons. The van der Waals surface area contributed by atoms with E-state index in [2.05, 4.69) is 10.3 Å². The monoisotopic (exact) mass is 198 g/mol. The fraction of sp³-hybridized carbons (Fsp3) is 0.444. The van der Waals surface area contributed by atoms with Gasteiger partial charge < -0.3 is 10.1 Å². The van der Waals surface area contributed by atoms with Crippen molar-refractivity contribution in [1.29, 1.82) is 0 Å². The molecule has 1 atom stereocenters. The maximum atomic E-state index is 5.78. The smallest absolute Gasteiger partial charge is 0.129 e. The highest BCUT2D eigenvalue weighted by molar-refractivity contribution is 6.29. The third kappa shape index (κ3) is 2.18. The number of morpholine rings is 1. The highest BCUT2D eigenvalue weighted by Gasteiger charge is 2.16. The zero-order valence-electron chi connectivity index (χ0n) is 7.16. The first-order valence-electron chi connectivity index (χ1n) is 4.31. The Balaban J connectivity index is 2.14. The molecule has 1 N–H and O–H groups in total. The van der Waals surface area contributed by atoms with Gasteiger partial charge in [-0.25, -0.2) is 4.98 Å². The van der Waals surface area contributed by atoms with Gasteiger partial charge in [0.05, 0.1) is 12.3 Å². The minimum absolute atomic E-state index is 0.0486. The zero-order chi connectivity index (χ0) is 9.10. The molecule has 0 spiro atoms. The predicted molar refractivity (Wildman–Crippen MR) is 50.8 cm³/mol. The van der Waals surface area contributed by atoms with Crippen molar-refractivity contribution in [1.82, 2.24) is 10.3 Å². The maximum Gasteiger partial charge on any atom is 0.129 e. The van der Waals surface area contributed by atoms with Crippen molar-refractivity contribution in [3.8, 4) is 0 Å². The van der Waals surface area contributed by atoms with Crippen molar-refractivity contribution in [2.45, 2.75) is 6.10 Å². The van der Waals surface area contributed by atoms with Gasteiger partial charge in [0.15, 0.2) is 0 Å². The van der Waals surface area contributed by atoms with Crippen molar-refractivity contribution < 1.29 is 4.74 Å². The van der Waals surface area contributed by atoms with Crippen LogP contribution in [0.3, 0.4) is 0 Å². The zero-order valence-corrected chi connectivity index (χ0v) is 7.92. The van der Waals surface area contributed by atoms with Crippen molar-refractivity contribution in [3.05, 3.63) is 29.0 Å². The van der Waals surface area contributed by atoms with Crippen LogP contribution in [0.15, 0.2) is 18.2 Å². The summed E-state index contributed by atoms with van der Waals surface area (Å²) in [6.45, 7) is 2.46. The minimum Gasteiger partial charge on any atom is -0.369 e. The normalized spacial score (nSPS) is 23.0. The number of ether oxygens (including phenoxy) is 1. The summed E-state index contributed by atoms with van der Waals surface area (Å²) in [4.78, 5) is 4.20. The average Bonchev–Trinajstić information content (AvgIpc) is 2.19. The molecule has 0 bridgehead atoms. The van der Waals surface area contributed by atoms with Gasteiger partial charge in [-0.2, -0.15) is 0 Å². The van der Waals surface area contributed by atoms with Gasteiger partial charge in [0.1, 0.15) is 11.3 Å². The summed E-state index contributed by atoms with van der Waals surface area (Å²) < 4.78 is 5.54. The molecule has 1 aliphatic rings. The quantitative estimate of drug-likeness (QED) is 0.693. The average molecular weight is 199 g/mol. The van der Waals surface area contributed by atoms with E-state index in [1.54, 1.807) is 6.07 Å². The number of rotatable bonds is 1. The summed E-state index contributed by atoms with van der Waals surface area (Å²) in [7, 11) is 0. The van der Waals surface area contributed by atoms with Gasteiger partial charge in [-0.3, -0.25) is 0 Å². The van der Waals surface area contributed by atoms with Crippen LogP contribution in [0.25, 0.3) is 0 Å². The van der Waals surface area contributed by atoms with Crippen LogP contribution in [0.5, 0.6) is 0 Å². The molecule has 4 heteroatoms. The van der Waals surface area contributed by atoms with Gasteiger partial charge in [-0.15, -0.1) is 0 Å². The lowest BCUT2D eigenvalue weighted by Gasteiger charge is -2.22. The molecular formula is C9H11ClN2O. The lowest BCUT2D eigenvalue weighted by molar-refractivity contribution is 0.0250. The van der Waals surface area contributed by atoms with Crippen LogP contribution < -0.4 is 5.32 Å². The standard InChI is InChI=1S/C9H11ClN2O/c10-9-3-1-2-7(12-9)8-6-11-4-5-13-8/h1-3,8,11H,4-6H2. The van der Waals surface area contributed by atoms with E-state index in [-0.39, 0.29) is 6.10 Å². The third-order valence-electron chi connectivity index (χ3n) is 1.99. The van der Waals surface area contributed by atoms with E-state index < -0.39 is 0 Å². The largest absolute Gasteiger partial charge is 0.369 e. The molecule has 1 aromatic heterocycles. The highest BCUT2D eigenvalue weighted by atomic mass is 35.5. The Kier molecular flexibility index (Phi) is 2.78. The van der Waals surface area contributed by atoms with E-state index in [1.807, 2.05) is 12.1 Å². The molecule has 0 amide bonds. The maximum absolute atomic E-state index is 5.78. The van der Waals surface area contributed by atoms with E-state index in [4.69, 9.17) is 16.3 Å². The Morgan fingerprint density at radius 3 is 3.15 bits per heavy atom. The second-order valence-corrected chi connectivity index (χ2v) is 3.34. The van der Waals surface area contributed by atoms with Crippen LogP contribution in [0.4, 0.5) is 0 Å². The van der Waals surface area contributed by atoms with Crippen LogP contribution in [-0.2, 0) is 4.74 Å². The van der Waals surface area contributed by atoms with Crippen molar-refractivity contribution in [2.75, 3.05) is 19.7 Å². The number of nitrogens with zero attached hydrogens (tertiary/aromatic N) is 1. The van der Waals surface area contributed by atoms with Crippen LogP contribution in [0, 0.1) is 0 Å². The molecule has 1 aliphatic heterocycles. The predicted octanol–water partition coefficient (Wildman–Crippen LogP) is 1.40. The number of hydrogen-bond acceptors (Lipinski definition) is 3. The molecule has 0 aliphatic carbocycles. The van der Waals surface area contributed by atoms with Gasteiger partial charge >= 0.3 is 0 Å².